The summed E-state index contributed by atoms with van der Waals surface area (Å²) in [4.78, 5) is 284. The number of aliphatic hydroxyl groups excluding tert-OH is 4. The molecular weight excluding hydrogens is 1820 g/mol. The van der Waals surface area contributed by atoms with Crippen LogP contribution < -0.4 is 108 Å². The zero-order valence-electron chi connectivity index (χ0n) is 85.2. The number of rotatable bonds is 57. The molecule has 0 aromatic rings. The number of likely N-dealkylation sites (tertiary alicyclic amines) is 1. The molecule has 0 aromatic carbocycles. The Bertz CT molecular complexity index is 4220. The van der Waals surface area contributed by atoms with Crippen LogP contribution in [-0.2, 0) is 101 Å². The molecule has 2 aliphatic rings. The van der Waals surface area contributed by atoms with Gasteiger partial charge in [-0.1, -0.05) is 149 Å². The number of ether oxygens (including phenoxy) is 1. The first-order chi connectivity index (χ1) is 65.7. The number of allylic oxidation sites excluding steroid dienone is 2. The number of hydrogen-bond donors (Lipinski definition) is 24. The quantitative estimate of drug-likeness (QED) is 0.0159. The van der Waals surface area contributed by atoms with E-state index in [1.807, 2.05) is 6.92 Å². The number of esters is 1. The molecule has 19 amide bonds. The van der Waals surface area contributed by atoms with E-state index in [9.17, 15) is 116 Å². The number of amides is 19. The van der Waals surface area contributed by atoms with E-state index < -0.39 is 289 Å². The van der Waals surface area contributed by atoms with Crippen molar-refractivity contribution in [1.29, 1.82) is 0 Å². The molecule has 140 heavy (non-hydrogen) atoms. The summed E-state index contributed by atoms with van der Waals surface area (Å²) in [6.07, 6.45) is 1.95. The molecule has 2 saturated heterocycles. The average molecular weight is 1990 g/mol. The second-order valence-corrected chi connectivity index (χ2v) is 38.8. The molecule has 0 radical (unpaired) electrons. The third-order valence-electron chi connectivity index (χ3n) is 23.3. The largest absolute Gasteiger partial charge is 0.458 e. The van der Waals surface area contributed by atoms with Gasteiger partial charge in [-0.2, -0.15) is 0 Å². The summed E-state index contributed by atoms with van der Waals surface area (Å²) in [7, 11) is 0. The normalized spacial score (nSPS) is 19.9. The zero-order valence-corrected chi connectivity index (χ0v) is 85.2. The third kappa shape index (κ3) is 43.0. The van der Waals surface area contributed by atoms with Gasteiger partial charge in [-0.05, 0) is 165 Å². The first kappa shape index (κ1) is 125. The van der Waals surface area contributed by atoms with Crippen LogP contribution in [0.5, 0.6) is 0 Å². The fourth-order valence-corrected chi connectivity index (χ4v) is 15.4. The van der Waals surface area contributed by atoms with Crippen LogP contribution >= 0.6 is 0 Å². The van der Waals surface area contributed by atoms with Crippen molar-refractivity contribution in [1.82, 2.24) is 95.3 Å². The molecule has 46 heteroatoms. The van der Waals surface area contributed by atoms with Crippen LogP contribution in [-0.4, -0.2) is 292 Å². The number of nitrogens with one attached hydrogen (secondary N) is 17. The maximum Gasteiger partial charge on any atom is 0.328 e. The van der Waals surface area contributed by atoms with Gasteiger partial charge in [0.15, 0.2) is 0 Å². The third-order valence-corrected chi connectivity index (χ3v) is 23.3. The number of unbranched alkanes of at least 4 members (excludes halogenated alkanes) is 3. The van der Waals surface area contributed by atoms with Gasteiger partial charge in [-0.15, -0.1) is 0 Å². The molecule has 0 spiro atoms. The van der Waals surface area contributed by atoms with E-state index in [1.54, 1.807) is 111 Å². The molecule has 18 unspecified atom stereocenters. The van der Waals surface area contributed by atoms with Crippen LogP contribution in [0.1, 0.15) is 254 Å². The molecule has 46 nitrogen and oxygen atoms in total. The highest BCUT2D eigenvalue weighted by molar-refractivity contribution is 6.05. The number of aliphatic hydroxyl groups is 4. The minimum Gasteiger partial charge on any atom is -0.458 e. The lowest BCUT2D eigenvalue weighted by atomic mass is 9.97. The number of cyclic esters (lactones) is 1. The lowest BCUT2D eigenvalue weighted by Gasteiger charge is -2.31. The van der Waals surface area contributed by atoms with Gasteiger partial charge in [0.2, 0.25) is 100 Å². The Kier molecular flexibility index (Phi) is 56.5. The molecule has 0 aromatic heterocycles. The van der Waals surface area contributed by atoms with Gasteiger partial charge >= 0.3 is 5.97 Å². The van der Waals surface area contributed by atoms with Crippen LogP contribution in [0.3, 0.4) is 0 Å². The van der Waals surface area contributed by atoms with E-state index in [2.05, 4.69) is 90.4 Å². The topological polar surface area (TPSA) is 717 Å². The Morgan fingerprint density at radius 1 is 0.457 bits per heavy atom. The van der Waals surface area contributed by atoms with Crippen LogP contribution in [0.2, 0.25) is 0 Å². The number of nitrogens with zero attached hydrogens (tertiary/aromatic N) is 1. The predicted octanol–water partition coefficient (Wildman–Crippen LogP) is -3.52. The molecule has 794 valence electrons. The van der Waals surface area contributed by atoms with Crippen LogP contribution in [0.4, 0.5) is 0 Å². The monoisotopic (exact) mass is 1990 g/mol. The number of carbonyl (C=O) groups excluding carboxylic acids is 20. The molecule has 18 atom stereocenters. The van der Waals surface area contributed by atoms with E-state index >= 15 is 0 Å². The Balaban J connectivity index is 2.45. The van der Waals surface area contributed by atoms with E-state index in [4.69, 9.17) is 21.9 Å². The summed E-state index contributed by atoms with van der Waals surface area (Å²) in [5, 5.41) is 84.9. The van der Waals surface area contributed by atoms with E-state index in [0.29, 0.717) is 25.7 Å². The van der Waals surface area contributed by atoms with Crippen molar-refractivity contribution in [3.8, 4) is 0 Å². The smallest absolute Gasteiger partial charge is 0.328 e. The second-order valence-electron chi connectivity index (χ2n) is 38.8. The first-order valence-corrected chi connectivity index (χ1v) is 48.9. The average Bonchev–Trinajstić information content (AvgIpc) is 1.68. The summed E-state index contributed by atoms with van der Waals surface area (Å²) in [5.41, 5.74) is 16.5. The molecule has 0 saturated carbocycles. The maximum atomic E-state index is 14.7. The fraction of sp³-hybridized carbons (Fsp3) is 0.745. The second kappa shape index (κ2) is 63.4. The number of nitrogens with two attached hydrogens (primary N) is 3. The summed E-state index contributed by atoms with van der Waals surface area (Å²) in [5.74, 6) is -23.3. The highest BCUT2D eigenvalue weighted by Crippen LogP contribution is 2.23. The molecule has 0 bridgehead atoms. The number of carbonyl (C=O) groups is 20. The van der Waals surface area contributed by atoms with E-state index in [1.165, 1.54) is 31.7 Å². The summed E-state index contributed by atoms with van der Waals surface area (Å²) in [6.45, 7) is 29.8. The van der Waals surface area contributed by atoms with E-state index in [-0.39, 0.29) is 113 Å². The molecule has 27 N–H and O–H groups in total. The van der Waals surface area contributed by atoms with Crippen molar-refractivity contribution >= 4 is 118 Å². The Labute approximate surface area is 821 Å². The highest BCUT2D eigenvalue weighted by Gasteiger charge is 2.44. The Morgan fingerprint density at radius 3 is 1.30 bits per heavy atom. The first-order valence-electron chi connectivity index (χ1n) is 48.9. The SMILES string of the molecule is C/C=C(\NC(=O)C(NC(=O)C(CC(C)C)NC(=O)C(CCC(N)=O)NC(=O)C(NC(=O)C(NC(=O)C(CC(C)C)NC(=O)C(CO)NC(=O)C(NC(=O)C(CC(C)C)NC(=O)C(CO)NC(=O)C1CCCN1C(=O)/C(=C/C)NC(=O)CC(O)CCCCC)C(C)C)C(C)C)C(C)C)C(C)C)C(=O)NC1C(=O)NC(CC(C)C)C(=O)NC(CCO)C(=O)NC(CCN)C(=O)NC(CCCCN)C(=O)OC1C. The predicted molar refractivity (Wildman–Crippen MR) is 516 cm³/mol. The van der Waals surface area contributed by atoms with Crippen LogP contribution in [0.15, 0.2) is 23.5 Å². The van der Waals surface area contributed by atoms with Crippen molar-refractivity contribution in [2.75, 3.05) is 39.5 Å². The van der Waals surface area contributed by atoms with Gasteiger partial charge in [-0.25, -0.2) is 4.79 Å². The summed E-state index contributed by atoms with van der Waals surface area (Å²) < 4.78 is 5.83. The Hall–Kier alpha value is -11.4. The molecule has 2 rings (SSSR count). The minimum atomic E-state index is -1.89. The van der Waals surface area contributed by atoms with Gasteiger partial charge in [-0.3, -0.25) is 91.1 Å². The zero-order chi connectivity index (χ0) is 106. The minimum absolute atomic E-state index is 0.0437. The molecule has 2 aliphatic heterocycles. The van der Waals surface area contributed by atoms with Crippen molar-refractivity contribution < 1.29 is 121 Å². The molecule has 0 aliphatic carbocycles. The lowest BCUT2D eigenvalue weighted by molar-refractivity contribution is -0.156. The van der Waals surface area contributed by atoms with Gasteiger partial charge in [0.05, 0.1) is 25.7 Å². The van der Waals surface area contributed by atoms with E-state index in [0.717, 1.165) is 18.9 Å². The van der Waals surface area contributed by atoms with Gasteiger partial charge in [0, 0.05) is 19.6 Å². The van der Waals surface area contributed by atoms with Gasteiger partial charge in [0.1, 0.15) is 114 Å². The Morgan fingerprint density at radius 2 is 0.871 bits per heavy atom. The molecule has 2 fully saturated rings. The summed E-state index contributed by atoms with van der Waals surface area (Å²) >= 11 is 0. The fourth-order valence-electron chi connectivity index (χ4n) is 15.4. The van der Waals surface area contributed by atoms with Crippen molar-refractivity contribution in [2.24, 2.45) is 64.5 Å². The van der Waals surface area contributed by atoms with Gasteiger partial charge < -0.3 is 138 Å². The lowest BCUT2D eigenvalue weighted by Crippen LogP contribution is -2.62. The number of hydrogen-bond acceptors (Lipinski definition) is 27. The van der Waals surface area contributed by atoms with Crippen LogP contribution in [0.25, 0.3) is 0 Å². The molecule has 2 heterocycles. The standard InChI is InChI=1S/C94H163N21O25/c1-21-24-25-29-56(119)44-71(121)98-58(23-3)93(138)115-38-28-31-69(115)87(132)108-67(45-117)85(130)105-65(42-49(8)9)83(128)111-73(52(14)15)90(135)109-68(46-118)86(131)106-66(43-50(10)11)84(129)112-75(54(18)19)91(136)113-74(53(16)17)89(134)102-59(32-33-70(97)120)78(123)104-64(41-48(6)7)82(127)110-72(51(12)13)88(133)99-57(22-2)77(122)114-76-55(20)140-94(139)62(30-26-27-36-95)103-79(124)60(34-37-96)100-80(125)61(35-39-116)101-81(126)63(40-47(4)5)107-92(76)137/h22-23,47-56,59-69,72-76,116-119H,21,24-46,95-96H2,1-20H3,(H2,97,120)(H,98,121)(H,99,133)(H,100,125)(H,101,126)(H,102,134)(H,103,124)(H,104,123)(H,105,130)(H,106,131)(H,107,137)(H,108,132)(H,109,135)(H,110,127)(H,111,128)(H,112,129)(H,113,136)(H,114,122)/b57-22-,58-23-. The number of primary amides is 1. The molecular formula is C94H163N21O25. The van der Waals surface area contributed by atoms with Crippen molar-refractivity contribution in [3.63, 3.8) is 0 Å². The van der Waals surface area contributed by atoms with Crippen molar-refractivity contribution in [3.05, 3.63) is 23.5 Å². The maximum absolute atomic E-state index is 14.7. The van der Waals surface area contributed by atoms with Crippen LogP contribution in [0, 0.1) is 47.3 Å². The van der Waals surface area contributed by atoms with Crippen molar-refractivity contribution in [2.45, 2.75) is 363 Å². The highest BCUT2D eigenvalue weighted by atomic mass is 16.5. The summed E-state index contributed by atoms with van der Waals surface area (Å²) in [6, 6.07) is -24.2. The van der Waals surface area contributed by atoms with Gasteiger partial charge in [0.25, 0.3) is 11.8 Å².